The molecule has 154 valence electrons. The van der Waals surface area contributed by atoms with E-state index in [4.69, 9.17) is 9.47 Å². The summed E-state index contributed by atoms with van der Waals surface area (Å²) in [4.78, 5) is 4.55. The lowest BCUT2D eigenvalue weighted by atomic mass is 10.1. The molecular formula is C21H29FIN3O2. The van der Waals surface area contributed by atoms with Crippen molar-refractivity contribution in [1.82, 2.24) is 10.6 Å². The van der Waals surface area contributed by atoms with Gasteiger partial charge < -0.3 is 20.1 Å². The predicted octanol–water partition coefficient (Wildman–Crippen LogP) is 3.86. The molecule has 2 aromatic rings. The number of nitrogens with one attached hydrogen (secondary N) is 2. The highest BCUT2D eigenvalue weighted by Crippen LogP contribution is 2.12. The van der Waals surface area contributed by atoms with E-state index in [0.29, 0.717) is 37.8 Å². The average molecular weight is 501 g/mol. The van der Waals surface area contributed by atoms with Crippen molar-refractivity contribution in [3.63, 3.8) is 0 Å². The van der Waals surface area contributed by atoms with Gasteiger partial charge in [-0.15, -0.1) is 24.0 Å². The Morgan fingerprint density at radius 1 is 1.04 bits per heavy atom. The van der Waals surface area contributed by atoms with Crippen molar-refractivity contribution < 1.29 is 13.9 Å². The zero-order valence-electron chi connectivity index (χ0n) is 16.4. The molecule has 0 aliphatic carbocycles. The van der Waals surface area contributed by atoms with E-state index < -0.39 is 0 Å². The molecule has 0 saturated heterocycles. The van der Waals surface area contributed by atoms with E-state index in [0.717, 1.165) is 17.7 Å². The van der Waals surface area contributed by atoms with Crippen LogP contribution in [0.15, 0.2) is 53.5 Å². The van der Waals surface area contributed by atoms with E-state index >= 15 is 0 Å². The minimum absolute atomic E-state index is 0. The van der Waals surface area contributed by atoms with Gasteiger partial charge in [0.15, 0.2) is 5.96 Å². The molecule has 0 aromatic heterocycles. The summed E-state index contributed by atoms with van der Waals surface area (Å²) in [6.07, 6.45) is 0. The van der Waals surface area contributed by atoms with Crippen molar-refractivity contribution in [3.8, 4) is 0 Å². The second-order valence-corrected chi connectivity index (χ2v) is 6.02. The Labute approximate surface area is 183 Å². The fourth-order valence-electron chi connectivity index (χ4n) is 2.51. The summed E-state index contributed by atoms with van der Waals surface area (Å²) < 4.78 is 24.4. The summed E-state index contributed by atoms with van der Waals surface area (Å²) in [5, 5.41) is 6.44. The van der Waals surface area contributed by atoms with Crippen LogP contribution in [0.1, 0.15) is 23.6 Å². The lowest BCUT2D eigenvalue weighted by Gasteiger charge is -2.12. The van der Waals surface area contributed by atoms with Gasteiger partial charge in [0.05, 0.1) is 26.4 Å². The van der Waals surface area contributed by atoms with E-state index in [1.807, 2.05) is 37.3 Å². The molecule has 2 rings (SSSR count). The summed E-state index contributed by atoms with van der Waals surface area (Å²) in [6.45, 7) is 5.29. The van der Waals surface area contributed by atoms with Crippen molar-refractivity contribution in [2.24, 2.45) is 4.99 Å². The van der Waals surface area contributed by atoms with E-state index in [2.05, 4.69) is 15.6 Å². The third kappa shape index (κ3) is 8.99. The quantitative estimate of drug-likeness (QED) is 0.225. The van der Waals surface area contributed by atoms with Gasteiger partial charge in [-0.3, -0.25) is 0 Å². The molecule has 0 heterocycles. The lowest BCUT2D eigenvalue weighted by molar-refractivity contribution is 0.125. The van der Waals surface area contributed by atoms with Gasteiger partial charge in [-0.05, 0) is 30.2 Å². The molecule has 0 aliphatic heterocycles. The van der Waals surface area contributed by atoms with Crippen molar-refractivity contribution in [2.45, 2.75) is 26.7 Å². The first-order valence-corrected chi connectivity index (χ1v) is 9.13. The van der Waals surface area contributed by atoms with E-state index in [9.17, 15) is 4.39 Å². The first-order valence-electron chi connectivity index (χ1n) is 9.13. The fraction of sp³-hybridized carbons (Fsp3) is 0.381. The first-order chi connectivity index (χ1) is 13.2. The van der Waals surface area contributed by atoms with Crippen LogP contribution >= 0.6 is 24.0 Å². The van der Waals surface area contributed by atoms with Gasteiger partial charge in [-0.25, -0.2) is 9.38 Å². The number of rotatable bonds is 10. The van der Waals surface area contributed by atoms with Crippen LogP contribution in [0.4, 0.5) is 4.39 Å². The predicted molar refractivity (Wildman–Crippen MR) is 121 cm³/mol. The molecule has 0 fully saturated rings. The molecule has 0 bridgehead atoms. The van der Waals surface area contributed by atoms with Crippen LogP contribution in [-0.4, -0.2) is 32.8 Å². The molecular weight excluding hydrogens is 472 g/mol. The van der Waals surface area contributed by atoms with Crippen LogP contribution in [0.2, 0.25) is 0 Å². The summed E-state index contributed by atoms with van der Waals surface area (Å²) in [7, 11) is 1.55. The zero-order chi connectivity index (χ0) is 19.3. The molecule has 0 saturated carbocycles. The van der Waals surface area contributed by atoms with E-state index in [-0.39, 0.29) is 36.4 Å². The van der Waals surface area contributed by atoms with Crippen LogP contribution in [0.25, 0.3) is 0 Å². The number of halogens is 2. The second-order valence-electron chi connectivity index (χ2n) is 6.02. The number of hydrogen-bond donors (Lipinski definition) is 2. The number of ether oxygens (including phenoxy) is 2. The Morgan fingerprint density at radius 2 is 1.82 bits per heavy atom. The summed E-state index contributed by atoms with van der Waals surface area (Å²) in [6, 6.07) is 15.1. The summed E-state index contributed by atoms with van der Waals surface area (Å²) in [5.74, 6) is 0.448. The van der Waals surface area contributed by atoms with Gasteiger partial charge in [0, 0.05) is 25.8 Å². The number of aliphatic imine (C=N–C) groups is 1. The second kappa shape index (κ2) is 14.3. The Balaban J connectivity index is 0.00000392. The standard InChI is InChI=1S/C21H28FN3O2.HI/c1-3-23-21(24-11-12-27-15-17-7-5-4-6-8-17)25-14-18-9-10-20(22)19(13-18)16-26-2;/h4-10,13H,3,11-12,14-16H2,1-2H3,(H2,23,24,25);1H. The van der Waals surface area contributed by atoms with Gasteiger partial charge >= 0.3 is 0 Å². The minimum Gasteiger partial charge on any atom is -0.380 e. The van der Waals surface area contributed by atoms with Gasteiger partial charge in [0.1, 0.15) is 5.82 Å². The molecule has 0 atom stereocenters. The van der Waals surface area contributed by atoms with Crippen LogP contribution in [0.3, 0.4) is 0 Å². The third-order valence-electron chi connectivity index (χ3n) is 3.82. The SMILES string of the molecule is CCNC(=NCc1ccc(F)c(COC)c1)NCCOCc1ccccc1.I. The fourth-order valence-corrected chi connectivity index (χ4v) is 2.51. The Hall–Kier alpha value is -1.71. The number of guanidine groups is 1. The molecule has 0 unspecified atom stereocenters. The van der Waals surface area contributed by atoms with Crippen molar-refractivity contribution in [1.29, 1.82) is 0 Å². The maximum absolute atomic E-state index is 13.7. The van der Waals surface area contributed by atoms with Gasteiger partial charge in [0.2, 0.25) is 0 Å². The van der Waals surface area contributed by atoms with Gasteiger partial charge in [0.25, 0.3) is 0 Å². The third-order valence-corrected chi connectivity index (χ3v) is 3.82. The molecule has 7 heteroatoms. The average Bonchev–Trinajstić information content (AvgIpc) is 2.69. The Bertz CT molecular complexity index is 714. The normalized spacial score (nSPS) is 11.0. The molecule has 0 spiro atoms. The molecule has 28 heavy (non-hydrogen) atoms. The topological polar surface area (TPSA) is 54.9 Å². The van der Waals surface area contributed by atoms with Crippen LogP contribution in [-0.2, 0) is 29.2 Å². The van der Waals surface area contributed by atoms with Crippen molar-refractivity contribution in [3.05, 3.63) is 71.0 Å². The van der Waals surface area contributed by atoms with E-state index in [1.165, 1.54) is 6.07 Å². The lowest BCUT2D eigenvalue weighted by Crippen LogP contribution is -2.38. The van der Waals surface area contributed by atoms with Crippen molar-refractivity contribution >= 4 is 29.9 Å². The Morgan fingerprint density at radius 3 is 2.54 bits per heavy atom. The highest BCUT2D eigenvalue weighted by molar-refractivity contribution is 14.0. The first kappa shape index (κ1) is 24.3. The van der Waals surface area contributed by atoms with Gasteiger partial charge in [-0.1, -0.05) is 36.4 Å². The minimum atomic E-state index is -0.259. The molecule has 0 aliphatic rings. The molecule has 0 amide bonds. The van der Waals surface area contributed by atoms with Crippen LogP contribution < -0.4 is 10.6 Å². The largest absolute Gasteiger partial charge is 0.380 e. The van der Waals surface area contributed by atoms with Crippen molar-refractivity contribution in [2.75, 3.05) is 26.8 Å². The molecule has 2 aromatic carbocycles. The van der Waals surface area contributed by atoms with E-state index in [1.54, 1.807) is 19.2 Å². The smallest absolute Gasteiger partial charge is 0.191 e. The number of benzene rings is 2. The highest BCUT2D eigenvalue weighted by atomic mass is 127. The number of nitrogens with zero attached hydrogens (tertiary/aromatic N) is 1. The summed E-state index contributed by atoms with van der Waals surface area (Å²) >= 11 is 0. The zero-order valence-corrected chi connectivity index (χ0v) is 18.7. The monoisotopic (exact) mass is 501 g/mol. The molecule has 2 N–H and O–H groups in total. The van der Waals surface area contributed by atoms with Crippen LogP contribution in [0, 0.1) is 5.82 Å². The molecule has 0 radical (unpaired) electrons. The number of hydrogen-bond acceptors (Lipinski definition) is 3. The maximum Gasteiger partial charge on any atom is 0.191 e. The summed E-state index contributed by atoms with van der Waals surface area (Å²) in [5.41, 5.74) is 2.62. The van der Waals surface area contributed by atoms with Gasteiger partial charge in [-0.2, -0.15) is 0 Å². The molecule has 5 nitrogen and oxygen atoms in total. The highest BCUT2D eigenvalue weighted by Gasteiger charge is 2.04. The maximum atomic E-state index is 13.7. The Kier molecular flexibility index (Phi) is 12.4. The number of methoxy groups -OCH3 is 1. The van der Waals surface area contributed by atoms with Crippen LogP contribution in [0.5, 0.6) is 0 Å².